The third-order valence-corrected chi connectivity index (χ3v) is 7.00. The summed E-state index contributed by atoms with van der Waals surface area (Å²) in [6.45, 7) is 3.76. The van der Waals surface area contributed by atoms with Crippen LogP contribution in [0.1, 0.15) is 55.0 Å². The number of imidazole rings is 1. The summed E-state index contributed by atoms with van der Waals surface area (Å²) >= 11 is 0. The number of carbonyl (C=O) groups is 1. The second-order valence-electron chi connectivity index (χ2n) is 9.61. The van der Waals surface area contributed by atoms with Crippen LogP contribution in [0.4, 0.5) is 0 Å². The number of rotatable bonds is 14. The zero-order chi connectivity index (χ0) is 25.9. The lowest BCUT2D eigenvalue weighted by atomic mass is 9.77. The van der Waals surface area contributed by atoms with Crippen LogP contribution in [0.5, 0.6) is 0 Å². The largest absolute Gasteiger partial charge is 0.481 e. The number of aliphatic carboxylic acids is 1. The van der Waals surface area contributed by atoms with E-state index in [0.717, 1.165) is 48.2 Å². The Morgan fingerprint density at radius 3 is 1.92 bits per heavy atom. The molecule has 2 N–H and O–H groups in total. The molecule has 1 heterocycles. The standard InChI is InChI=1S/C32H37N3O2/c1-2-3-22-35-24-30(33-25-35)23-26(31(36)37)14-13-21-34-32(27-15-7-4-8-16-27,28-17-9-5-10-18-28)29-19-11-6-12-20-29/h4-12,15-20,24-26,34H,2-3,13-14,21-23H2,1H3,(H,36,37)/t26-/m1/s1. The van der Waals surface area contributed by atoms with Crippen molar-refractivity contribution in [1.29, 1.82) is 0 Å². The Balaban J connectivity index is 1.52. The minimum Gasteiger partial charge on any atom is -0.481 e. The molecule has 1 aromatic heterocycles. The van der Waals surface area contributed by atoms with E-state index in [2.05, 4.69) is 94.6 Å². The number of nitrogens with zero attached hydrogens (tertiary/aromatic N) is 2. The molecule has 0 saturated carbocycles. The molecule has 5 nitrogen and oxygen atoms in total. The van der Waals surface area contributed by atoms with Crippen LogP contribution >= 0.6 is 0 Å². The first-order chi connectivity index (χ1) is 18.1. The third-order valence-electron chi connectivity index (χ3n) is 7.00. The highest BCUT2D eigenvalue weighted by molar-refractivity contribution is 5.70. The maximum absolute atomic E-state index is 12.1. The van der Waals surface area contributed by atoms with Gasteiger partial charge in [-0.15, -0.1) is 0 Å². The Labute approximate surface area is 220 Å². The molecule has 192 valence electrons. The zero-order valence-electron chi connectivity index (χ0n) is 21.6. The van der Waals surface area contributed by atoms with Gasteiger partial charge in [0.25, 0.3) is 0 Å². The molecule has 5 heteroatoms. The number of benzene rings is 3. The molecule has 1 atom stereocenters. The summed E-state index contributed by atoms with van der Waals surface area (Å²) in [6, 6.07) is 31.4. The van der Waals surface area contributed by atoms with Crippen molar-refractivity contribution < 1.29 is 9.90 Å². The van der Waals surface area contributed by atoms with Crippen LogP contribution < -0.4 is 5.32 Å². The molecule has 4 rings (SSSR count). The first-order valence-electron chi connectivity index (χ1n) is 13.3. The van der Waals surface area contributed by atoms with Gasteiger partial charge in [-0.2, -0.15) is 0 Å². The molecule has 0 bridgehead atoms. The third kappa shape index (κ3) is 6.55. The monoisotopic (exact) mass is 495 g/mol. The topological polar surface area (TPSA) is 67.2 Å². The van der Waals surface area contributed by atoms with E-state index in [1.165, 1.54) is 0 Å². The van der Waals surface area contributed by atoms with Crippen molar-refractivity contribution in [3.63, 3.8) is 0 Å². The van der Waals surface area contributed by atoms with Crippen LogP contribution in [0.15, 0.2) is 104 Å². The quantitative estimate of drug-likeness (QED) is 0.159. The fourth-order valence-electron chi connectivity index (χ4n) is 5.04. The van der Waals surface area contributed by atoms with Crippen LogP contribution in [0.25, 0.3) is 0 Å². The van der Waals surface area contributed by atoms with Crippen molar-refractivity contribution in [2.75, 3.05) is 6.54 Å². The molecule has 0 radical (unpaired) electrons. The van der Waals surface area contributed by atoms with Crippen molar-refractivity contribution in [2.24, 2.45) is 5.92 Å². The zero-order valence-corrected chi connectivity index (χ0v) is 21.6. The maximum atomic E-state index is 12.1. The number of hydrogen-bond acceptors (Lipinski definition) is 3. The van der Waals surface area contributed by atoms with Gasteiger partial charge in [0.15, 0.2) is 0 Å². The molecule has 0 aliphatic heterocycles. The molecular weight excluding hydrogens is 458 g/mol. The predicted molar refractivity (Wildman–Crippen MR) is 148 cm³/mol. The van der Waals surface area contributed by atoms with Crippen LogP contribution in [0, 0.1) is 5.92 Å². The fraction of sp³-hybridized carbons (Fsp3) is 0.312. The molecule has 0 aliphatic rings. The summed E-state index contributed by atoms with van der Waals surface area (Å²) in [5, 5.41) is 13.8. The number of carboxylic acid groups (broad SMARTS) is 1. The predicted octanol–water partition coefficient (Wildman–Crippen LogP) is 6.29. The van der Waals surface area contributed by atoms with E-state index in [4.69, 9.17) is 0 Å². The van der Waals surface area contributed by atoms with Crippen molar-refractivity contribution in [1.82, 2.24) is 14.9 Å². The Hall–Kier alpha value is -3.70. The van der Waals surface area contributed by atoms with E-state index in [-0.39, 0.29) is 0 Å². The molecule has 4 aromatic rings. The molecule has 37 heavy (non-hydrogen) atoms. The van der Waals surface area contributed by atoms with Gasteiger partial charge < -0.3 is 9.67 Å². The van der Waals surface area contributed by atoms with E-state index in [1.807, 2.05) is 30.7 Å². The van der Waals surface area contributed by atoms with E-state index in [1.54, 1.807) is 0 Å². The van der Waals surface area contributed by atoms with Crippen LogP contribution in [-0.2, 0) is 23.3 Å². The molecule has 0 unspecified atom stereocenters. The molecule has 0 spiro atoms. The minimum absolute atomic E-state index is 0.454. The number of unbranched alkanes of at least 4 members (excludes halogenated alkanes) is 1. The molecule has 0 aliphatic carbocycles. The lowest BCUT2D eigenvalue weighted by molar-refractivity contribution is -0.142. The van der Waals surface area contributed by atoms with Crippen molar-refractivity contribution in [3.8, 4) is 0 Å². The van der Waals surface area contributed by atoms with E-state index in [0.29, 0.717) is 19.4 Å². The first kappa shape index (κ1) is 26.4. The number of carboxylic acids is 1. The smallest absolute Gasteiger partial charge is 0.306 e. The van der Waals surface area contributed by atoms with Gasteiger partial charge in [-0.25, -0.2) is 4.98 Å². The van der Waals surface area contributed by atoms with Gasteiger partial charge in [0.1, 0.15) is 0 Å². The van der Waals surface area contributed by atoms with Gasteiger partial charge in [0.2, 0.25) is 0 Å². The molecule has 0 amide bonds. The summed E-state index contributed by atoms with van der Waals surface area (Å²) in [7, 11) is 0. The van der Waals surface area contributed by atoms with Crippen LogP contribution in [-0.4, -0.2) is 27.2 Å². The Morgan fingerprint density at radius 1 is 0.892 bits per heavy atom. The normalized spacial score (nSPS) is 12.4. The van der Waals surface area contributed by atoms with E-state index < -0.39 is 17.4 Å². The van der Waals surface area contributed by atoms with Crippen molar-refractivity contribution in [2.45, 2.75) is 51.1 Å². The van der Waals surface area contributed by atoms with Crippen molar-refractivity contribution >= 4 is 5.97 Å². The van der Waals surface area contributed by atoms with Gasteiger partial charge in [-0.05, 0) is 42.5 Å². The highest BCUT2D eigenvalue weighted by atomic mass is 16.4. The Bertz CT molecular complexity index is 1130. The number of aryl methyl sites for hydroxylation is 1. The Morgan fingerprint density at radius 2 is 1.43 bits per heavy atom. The highest BCUT2D eigenvalue weighted by Crippen LogP contribution is 2.36. The summed E-state index contributed by atoms with van der Waals surface area (Å²) < 4.78 is 2.06. The average Bonchev–Trinajstić information content (AvgIpc) is 3.40. The number of nitrogens with one attached hydrogen (secondary N) is 1. The lowest BCUT2D eigenvalue weighted by Crippen LogP contribution is -2.45. The summed E-state index contributed by atoms with van der Waals surface area (Å²) in [5.41, 5.74) is 3.77. The first-order valence-corrected chi connectivity index (χ1v) is 13.3. The van der Waals surface area contributed by atoms with Gasteiger partial charge in [-0.3, -0.25) is 10.1 Å². The second-order valence-corrected chi connectivity index (χ2v) is 9.61. The second kappa shape index (κ2) is 13.0. The van der Waals surface area contributed by atoms with Crippen LogP contribution in [0.3, 0.4) is 0 Å². The summed E-state index contributed by atoms with van der Waals surface area (Å²) in [5.74, 6) is -1.22. The molecule has 3 aromatic carbocycles. The van der Waals surface area contributed by atoms with Gasteiger partial charge in [0.05, 0.1) is 23.5 Å². The summed E-state index contributed by atoms with van der Waals surface area (Å²) in [6.07, 6.45) is 7.80. The molecule has 0 fully saturated rings. The highest BCUT2D eigenvalue weighted by Gasteiger charge is 2.35. The number of aromatic nitrogens is 2. The lowest BCUT2D eigenvalue weighted by Gasteiger charge is -2.37. The van der Waals surface area contributed by atoms with Gasteiger partial charge in [-0.1, -0.05) is 104 Å². The minimum atomic E-state index is -0.761. The SMILES string of the molecule is CCCCn1cnc(C[C@@H](CCCNC(c2ccccc2)(c2ccccc2)c2ccccc2)C(=O)O)c1. The molecule has 0 saturated heterocycles. The maximum Gasteiger partial charge on any atom is 0.306 e. The fourth-order valence-corrected chi connectivity index (χ4v) is 5.04. The van der Waals surface area contributed by atoms with E-state index >= 15 is 0 Å². The van der Waals surface area contributed by atoms with Crippen molar-refractivity contribution in [3.05, 3.63) is 126 Å². The molecular formula is C32H37N3O2. The summed E-state index contributed by atoms with van der Waals surface area (Å²) in [4.78, 5) is 16.5. The van der Waals surface area contributed by atoms with E-state index in [9.17, 15) is 9.90 Å². The Kier molecular flexibility index (Phi) is 9.28. The number of hydrogen-bond donors (Lipinski definition) is 2. The van der Waals surface area contributed by atoms with Crippen LogP contribution in [0.2, 0.25) is 0 Å². The van der Waals surface area contributed by atoms with Gasteiger partial charge in [0, 0.05) is 19.2 Å². The van der Waals surface area contributed by atoms with Gasteiger partial charge >= 0.3 is 5.97 Å². The average molecular weight is 496 g/mol.